The Morgan fingerprint density at radius 1 is 1.21 bits per heavy atom. The molecule has 5 rings (SSSR count). The van der Waals surface area contributed by atoms with Gasteiger partial charge in [-0.1, -0.05) is 35.0 Å². The van der Waals surface area contributed by atoms with Crippen molar-refractivity contribution in [2.75, 3.05) is 0 Å². The van der Waals surface area contributed by atoms with E-state index in [1.807, 2.05) is 39.0 Å². The van der Waals surface area contributed by atoms with Crippen molar-refractivity contribution < 1.29 is 23.2 Å². The Labute approximate surface area is 233 Å². The van der Waals surface area contributed by atoms with E-state index in [4.69, 9.17) is 20.9 Å². The van der Waals surface area contributed by atoms with Gasteiger partial charge in [0.1, 0.15) is 17.2 Å². The van der Waals surface area contributed by atoms with Crippen molar-refractivity contribution in [3.8, 4) is 22.5 Å². The molecule has 6 nitrogen and oxygen atoms in total. The van der Waals surface area contributed by atoms with Gasteiger partial charge in [0.15, 0.2) is 0 Å². The third-order valence-corrected chi connectivity index (χ3v) is 7.46. The second-order valence-electron chi connectivity index (χ2n) is 11.3. The number of ether oxygens (including phenoxy) is 1. The van der Waals surface area contributed by atoms with Crippen molar-refractivity contribution in [3.05, 3.63) is 58.2 Å². The van der Waals surface area contributed by atoms with Crippen LogP contribution in [0.3, 0.4) is 0 Å². The number of esters is 1. The Morgan fingerprint density at radius 2 is 1.95 bits per heavy atom. The summed E-state index contributed by atoms with van der Waals surface area (Å²) >= 11 is 6.21. The fourth-order valence-electron chi connectivity index (χ4n) is 5.31. The van der Waals surface area contributed by atoms with Crippen LogP contribution < -0.4 is 0 Å². The topological polar surface area (TPSA) is 82.3 Å². The third kappa shape index (κ3) is 5.81. The van der Waals surface area contributed by atoms with E-state index in [1.165, 1.54) is 6.07 Å². The number of rotatable bonds is 7. The maximum atomic E-state index is 15.0. The van der Waals surface area contributed by atoms with Crippen LogP contribution in [0.1, 0.15) is 75.8 Å². The first-order valence-corrected chi connectivity index (χ1v) is 13.0. The molecule has 202 valence electrons. The number of Topliss-reactive ketones (excluding diaryl/α,β-unsaturated/α-hetero) is 1. The monoisotopic (exact) mass is 558 g/mol. The minimum atomic E-state index is -0.568. The summed E-state index contributed by atoms with van der Waals surface area (Å²) in [7, 11) is 0. The first kappa shape index (κ1) is 28.3. The summed E-state index contributed by atoms with van der Waals surface area (Å²) in [6, 6.07) is 8.93. The van der Waals surface area contributed by atoms with E-state index in [0.717, 1.165) is 42.4 Å². The average Bonchev–Trinajstić information content (AvgIpc) is 3.28. The van der Waals surface area contributed by atoms with Crippen molar-refractivity contribution in [2.24, 2.45) is 5.41 Å². The summed E-state index contributed by atoms with van der Waals surface area (Å²) in [4.78, 5) is 29.9. The summed E-state index contributed by atoms with van der Waals surface area (Å²) in [6.07, 6.45) is 3.72. The van der Waals surface area contributed by atoms with Gasteiger partial charge in [-0.25, -0.2) is 4.39 Å². The van der Waals surface area contributed by atoms with Gasteiger partial charge in [-0.3, -0.25) is 9.59 Å². The second-order valence-corrected chi connectivity index (χ2v) is 11.7. The lowest BCUT2D eigenvalue weighted by Gasteiger charge is -2.22. The molecule has 1 atom stereocenters. The number of aromatic nitrogens is 2. The van der Waals surface area contributed by atoms with Crippen LogP contribution in [0.4, 0.5) is 4.39 Å². The second kappa shape index (κ2) is 10.5. The minimum absolute atomic E-state index is 0. The lowest BCUT2D eigenvalue weighted by Crippen LogP contribution is -2.28. The van der Waals surface area contributed by atoms with Crippen molar-refractivity contribution >= 4 is 36.8 Å². The number of carbonyl (C=O) groups is 2. The highest BCUT2D eigenvalue weighted by molar-refractivity contribution is 7.59. The summed E-state index contributed by atoms with van der Waals surface area (Å²) in [5.74, 6) is -0.0690. The van der Waals surface area contributed by atoms with Crippen LogP contribution in [-0.4, -0.2) is 27.5 Å². The maximum Gasteiger partial charge on any atom is 0.307 e. The van der Waals surface area contributed by atoms with Gasteiger partial charge in [-0.05, 0) is 86.8 Å². The normalized spacial score (nSPS) is 17.5. The number of benzene rings is 2. The Hall–Kier alpha value is -2.71. The van der Waals surface area contributed by atoms with Crippen LogP contribution in [0.15, 0.2) is 34.9 Å². The molecule has 0 unspecified atom stereocenters. The molecule has 0 saturated heterocycles. The Bertz CT molecular complexity index is 1390. The number of fused-ring (bicyclic) bond motifs is 1. The highest BCUT2D eigenvalue weighted by Crippen LogP contribution is 2.52. The molecule has 1 fully saturated rings. The highest BCUT2D eigenvalue weighted by Gasteiger charge is 2.51. The van der Waals surface area contributed by atoms with Crippen LogP contribution >= 0.6 is 25.1 Å². The molecule has 0 N–H and O–H groups in total. The number of nitrogens with zero attached hydrogens (tertiary/aromatic N) is 2. The van der Waals surface area contributed by atoms with Gasteiger partial charge in [-0.2, -0.15) is 18.5 Å². The van der Waals surface area contributed by atoms with Gasteiger partial charge in [0.25, 0.3) is 0 Å². The van der Waals surface area contributed by atoms with Gasteiger partial charge >= 0.3 is 5.97 Å². The molecule has 9 heteroatoms. The van der Waals surface area contributed by atoms with E-state index in [-0.39, 0.29) is 54.0 Å². The molecule has 0 radical (unpaired) electrons. The molecule has 1 heterocycles. The van der Waals surface area contributed by atoms with E-state index < -0.39 is 16.8 Å². The summed E-state index contributed by atoms with van der Waals surface area (Å²) < 4.78 is 25.5. The smallest absolute Gasteiger partial charge is 0.307 e. The third-order valence-electron chi connectivity index (χ3n) is 7.24. The van der Waals surface area contributed by atoms with Crippen molar-refractivity contribution in [3.63, 3.8) is 0 Å². The molecule has 0 bridgehead atoms. The Kier molecular flexibility index (Phi) is 7.79. The Balaban J connectivity index is 0.00000336. The quantitative estimate of drug-likeness (QED) is 0.287. The predicted molar refractivity (Wildman–Crippen MR) is 148 cm³/mol. The zero-order valence-corrected chi connectivity index (χ0v) is 23.7. The highest BCUT2D eigenvalue weighted by atomic mass is 35.5. The van der Waals surface area contributed by atoms with Crippen LogP contribution in [-0.2, 0) is 20.7 Å². The van der Waals surface area contributed by atoms with E-state index in [2.05, 4.69) is 10.1 Å². The van der Waals surface area contributed by atoms with Crippen LogP contribution in [0.2, 0.25) is 5.02 Å². The number of carbonyl (C=O) groups excluding carboxylic acids is 2. The first-order valence-electron chi connectivity index (χ1n) is 12.6. The number of hydrogen-bond donors (Lipinski definition) is 0. The molecule has 1 aromatic heterocycles. The molecule has 0 amide bonds. The number of halogens is 2. The van der Waals surface area contributed by atoms with Gasteiger partial charge in [0.05, 0.1) is 12.0 Å². The fraction of sp³-hybridized carbons (Fsp3) is 0.448. The number of hydrogen-bond acceptors (Lipinski definition) is 6. The predicted octanol–water partition coefficient (Wildman–Crippen LogP) is 7.12. The summed E-state index contributed by atoms with van der Waals surface area (Å²) in [5, 5.41) is 4.19. The largest absolute Gasteiger partial charge is 0.460 e. The zero-order chi connectivity index (χ0) is 26.5. The average molecular weight is 559 g/mol. The van der Waals surface area contributed by atoms with Gasteiger partial charge < -0.3 is 9.26 Å². The maximum absolute atomic E-state index is 15.0. The van der Waals surface area contributed by atoms with Crippen molar-refractivity contribution in [2.45, 2.75) is 77.7 Å². The molecule has 1 saturated carbocycles. The number of aryl methyl sites for hydroxylation is 2. The molecular weight excluding hydrogens is 527 g/mol. The molecule has 0 aliphatic heterocycles. The van der Waals surface area contributed by atoms with E-state index in [0.29, 0.717) is 17.9 Å². The SMILES string of the molecule is Cc1nc(-c2c(F)cc(Cl)cc2-c2ccc3c(c2)CC[C@@H]3CC(=O)C2(CC(=O)OC(C)(C)C)CC2)no1.S. The van der Waals surface area contributed by atoms with Gasteiger partial charge in [0.2, 0.25) is 11.7 Å². The molecule has 2 aromatic carbocycles. The van der Waals surface area contributed by atoms with E-state index in [1.54, 1.807) is 13.0 Å². The lowest BCUT2D eigenvalue weighted by atomic mass is 9.86. The van der Waals surface area contributed by atoms with Crippen molar-refractivity contribution in [1.82, 2.24) is 10.1 Å². The van der Waals surface area contributed by atoms with Gasteiger partial charge in [-0.15, -0.1) is 0 Å². The van der Waals surface area contributed by atoms with Gasteiger partial charge in [0, 0.05) is 23.8 Å². The fourth-order valence-corrected chi connectivity index (χ4v) is 5.52. The summed E-state index contributed by atoms with van der Waals surface area (Å²) in [5.41, 5.74) is 2.75. The Morgan fingerprint density at radius 3 is 2.58 bits per heavy atom. The van der Waals surface area contributed by atoms with Crippen LogP contribution in [0, 0.1) is 18.2 Å². The molecule has 2 aliphatic rings. The van der Waals surface area contributed by atoms with Crippen molar-refractivity contribution in [1.29, 1.82) is 0 Å². The molecule has 2 aliphatic carbocycles. The lowest BCUT2D eigenvalue weighted by molar-refractivity contribution is -0.157. The molecule has 38 heavy (non-hydrogen) atoms. The van der Waals surface area contributed by atoms with Crippen LogP contribution in [0.25, 0.3) is 22.5 Å². The van der Waals surface area contributed by atoms with Crippen LogP contribution in [0.5, 0.6) is 0 Å². The van der Waals surface area contributed by atoms with E-state index in [9.17, 15) is 14.0 Å². The van der Waals surface area contributed by atoms with E-state index >= 15 is 0 Å². The number of ketones is 1. The zero-order valence-electron chi connectivity index (χ0n) is 22.0. The summed E-state index contributed by atoms with van der Waals surface area (Å²) in [6.45, 7) is 7.15. The molecular formula is C29H32ClFN2O4S. The molecule has 0 spiro atoms. The first-order chi connectivity index (χ1) is 17.4. The standard InChI is InChI=1S/C29H30ClFN2O4.H2S/c1-16-32-27(33-37-16)26-22(13-20(30)14-23(26)31)18-7-8-21-17(11-18)5-6-19(21)12-24(34)29(9-10-29)15-25(35)36-28(2,3)4;/h7-8,11,13-14,19H,5-6,9-10,12,15H2,1-4H3;1H2/t19-;/m1./s1. The minimum Gasteiger partial charge on any atom is -0.460 e. The molecule has 3 aromatic rings.